The molecule has 2 heteroatoms. The van der Waals surface area contributed by atoms with Gasteiger partial charge >= 0.3 is 0 Å². The van der Waals surface area contributed by atoms with Gasteiger partial charge in [0.2, 0.25) is 0 Å². The van der Waals surface area contributed by atoms with Gasteiger partial charge in [-0.2, -0.15) is 0 Å². The van der Waals surface area contributed by atoms with Gasteiger partial charge in [-0.25, -0.2) is 0 Å². The van der Waals surface area contributed by atoms with E-state index < -0.39 is 0 Å². The van der Waals surface area contributed by atoms with Gasteiger partial charge < -0.3 is 10.1 Å². The molecule has 3 rings (SSSR count). The molecule has 0 radical (unpaired) electrons. The Balaban J connectivity index is 1.54. The highest BCUT2D eigenvalue weighted by atomic mass is 16.5. The first-order chi connectivity index (χ1) is 8.93. The highest BCUT2D eigenvalue weighted by Crippen LogP contribution is 2.28. The molecule has 98 valence electrons. The van der Waals surface area contributed by atoms with Crippen LogP contribution in [0.3, 0.4) is 0 Å². The van der Waals surface area contributed by atoms with Gasteiger partial charge in [-0.1, -0.05) is 24.3 Å². The molecule has 0 aromatic heterocycles. The molecule has 2 aliphatic rings. The molecule has 1 aromatic rings. The van der Waals surface area contributed by atoms with Crippen molar-refractivity contribution in [3.63, 3.8) is 0 Å². The minimum Gasteiger partial charge on any atom is -0.378 e. The first-order valence-corrected chi connectivity index (χ1v) is 7.36. The largest absolute Gasteiger partial charge is 0.378 e. The van der Waals surface area contributed by atoms with Crippen molar-refractivity contribution < 1.29 is 4.74 Å². The minimum atomic E-state index is 0.545. The van der Waals surface area contributed by atoms with Crippen molar-refractivity contribution in [2.24, 2.45) is 0 Å². The molecule has 0 spiro atoms. The molecule has 0 aliphatic carbocycles. The SMILES string of the molecule is c1ccc2c(c1)CCNC2CCCC1CCCO1. The van der Waals surface area contributed by atoms with Gasteiger partial charge in [-0.15, -0.1) is 0 Å². The highest BCUT2D eigenvalue weighted by molar-refractivity contribution is 5.32. The van der Waals surface area contributed by atoms with Crippen molar-refractivity contribution in [1.82, 2.24) is 5.32 Å². The van der Waals surface area contributed by atoms with E-state index in [1.54, 1.807) is 5.56 Å². The topological polar surface area (TPSA) is 21.3 Å². The lowest BCUT2D eigenvalue weighted by Crippen LogP contribution is -2.29. The Morgan fingerprint density at radius 3 is 3.06 bits per heavy atom. The Bertz CT molecular complexity index is 384. The van der Waals surface area contributed by atoms with Gasteiger partial charge in [-0.05, 0) is 56.2 Å². The molecule has 18 heavy (non-hydrogen) atoms. The molecular weight excluding hydrogens is 222 g/mol. The van der Waals surface area contributed by atoms with E-state index in [0.717, 1.165) is 13.2 Å². The Hall–Kier alpha value is -0.860. The molecule has 2 unspecified atom stereocenters. The summed E-state index contributed by atoms with van der Waals surface area (Å²) in [5.41, 5.74) is 3.06. The number of hydrogen-bond donors (Lipinski definition) is 1. The zero-order valence-corrected chi connectivity index (χ0v) is 11.0. The Morgan fingerprint density at radius 1 is 1.22 bits per heavy atom. The molecule has 1 N–H and O–H groups in total. The van der Waals surface area contributed by atoms with Gasteiger partial charge in [-0.3, -0.25) is 0 Å². The lowest BCUT2D eigenvalue weighted by atomic mass is 9.91. The van der Waals surface area contributed by atoms with Crippen molar-refractivity contribution in [3.05, 3.63) is 35.4 Å². The van der Waals surface area contributed by atoms with E-state index in [-0.39, 0.29) is 0 Å². The summed E-state index contributed by atoms with van der Waals surface area (Å²) in [4.78, 5) is 0. The van der Waals surface area contributed by atoms with Crippen LogP contribution in [0.2, 0.25) is 0 Å². The molecule has 2 heterocycles. The van der Waals surface area contributed by atoms with Crippen LogP contribution in [0, 0.1) is 0 Å². The van der Waals surface area contributed by atoms with Gasteiger partial charge in [0, 0.05) is 12.6 Å². The van der Waals surface area contributed by atoms with E-state index >= 15 is 0 Å². The monoisotopic (exact) mass is 245 g/mol. The summed E-state index contributed by atoms with van der Waals surface area (Å²) in [5, 5.41) is 3.66. The second kappa shape index (κ2) is 5.85. The van der Waals surface area contributed by atoms with Crippen molar-refractivity contribution in [2.75, 3.05) is 13.2 Å². The molecule has 1 fully saturated rings. The second-order valence-electron chi connectivity index (χ2n) is 5.52. The molecule has 0 bridgehead atoms. The Kier molecular flexibility index (Phi) is 3.96. The van der Waals surface area contributed by atoms with Gasteiger partial charge in [0.15, 0.2) is 0 Å². The van der Waals surface area contributed by atoms with Crippen molar-refractivity contribution >= 4 is 0 Å². The summed E-state index contributed by atoms with van der Waals surface area (Å²) in [5.74, 6) is 0. The molecule has 2 nitrogen and oxygen atoms in total. The van der Waals surface area contributed by atoms with Gasteiger partial charge in [0.25, 0.3) is 0 Å². The van der Waals surface area contributed by atoms with Crippen LogP contribution >= 0.6 is 0 Å². The Labute approximate surface area is 110 Å². The standard InChI is InChI=1S/C16H23NO/c1-2-8-15-13(5-1)10-11-17-16(15)9-3-6-14-7-4-12-18-14/h1-2,5,8,14,16-17H,3-4,6-7,9-12H2. The third kappa shape index (κ3) is 2.76. The van der Waals surface area contributed by atoms with E-state index in [1.807, 2.05) is 0 Å². The normalized spacial score (nSPS) is 27.1. The minimum absolute atomic E-state index is 0.545. The first-order valence-electron chi connectivity index (χ1n) is 7.36. The molecule has 1 aromatic carbocycles. The van der Waals surface area contributed by atoms with E-state index in [2.05, 4.69) is 29.6 Å². The fourth-order valence-corrected chi connectivity index (χ4v) is 3.27. The number of benzene rings is 1. The summed E-state index contributed by atoms with van der Waals surface area (Å²) >= 11 is 0. The summed E-state index contributed by atoms with van der Waals surface area (Å²) in [6.45, 7) is 2.11. The number of rotatable bonds is 4. The third-order valence-electron chi connectivity index (χ3n) is 4.26. The predicted molar refractivity (Wildman–Crippen MR) is 73.7 cm³/mol. The lowest BCUT2D eigenvalue weighted by molar-refractivity contribution is 0.101. The molecule has 2 atom stereocenters. The average Bonchev–Trinajstić information content (AvgIpc) is 2.92. The smallest absolute Gasteiger partial charge is 0.0576 e. The fourth-order valence-electron chi connectivity index (χ4n) is 3.27. The zero-order chi connectivity index (χ0) is 12.2. The first kappa shape index (κ1) is 12.2. The van der Waals surface area contributed by atoms with Crippen LogP contribution in [0.15, 0.2) is 24.3 Å². The van der Waals surface area contributed by atoms with Crippen LogP contribution in [0.1, 0.15) is 49.3 Å². The van der Waals surface area contributed by atoms with Crippen molar-refractivity contribution in [1.29, 1.82) is 0 Å². The third-order valence-corrected chi connectivity index (χ3v) is 4.26. The van der Waals surface area contributed by atoms with E-state index in [9.17, 15) is 0 Å². The maximum atomic E-state index is 5.69. The van der Waals surface area contributed by atoms with E-state index in [4.69, 9.17) is 4.74 Å². The molecular formula is C16H23NO. The molecule has 2 aliphatic heterocycles. The number of fused-ring (bicyclic) bond motifs is 1. The summed E-state index contributed by atoms with van der Waals surface area (Å²) in [7, 11) is 0. The van der Waals surface area contributed by atoms with Crippen LogP contribution in [0.5, 0.6) is 0 Å². The van der Waals surface area contributed by atoms with Gasteiger partial charge in [0.1, 0.15) is 0 Å². The van der Waals surface area contributed by atoms with Crippen LogP contribution in [0.25, 0.3) is 0 Å². The Morgan fingerprint density at radius 2 is 2.17 bits per heavy atom. The van der Waals surface area contributed by atoms with Crippen LogP contribution in [0.4, 0.5) is 0 Å². The van der Waals surface area contributed by atoms with Crippen LogP contribution in [-0.2, 0) is 11.2 Å². The van der Waals surface area contributed by atoms with Crippen LogP contribution in [-0.4, -0.2) is 19.3 Å². The maximum absolute atomic E-state index is 5.69. The summed E-state index contributed by atoms with van der Waals surface area (Å²) in [6, 6.07) is 9.46. The van der Waals surface area contributed by atoms with Crippen molar-refractivity contribution in [3.8, 4) is 0 Å². The highest BCUT2D eigenvalue weighted by Gasteiger charge is 2.20. The average molecular weight is 245 g/mol. The fraction of sp³-hybridized carbons (Fsp3) is 0.625. The maximum Gasteiger partial charge on any atom is 0.0576 e. The summed E-state index contributed by atoms with van der Waals surface area (Å²) in [6.07, 6.45) is 8.01. The zero-order valence-electron chi connectivity index (χ0n) is 11.0. The number of hydrogen-bond acceptors (Lipinski definition) is 2. The van der Waals surface area contributed by atoms with Crippen LogP contribution < -0.4 is 5.32 Å². The van der Waals surface area contributed by atoms with E-state index in [0.29, 0.717) is 12.1 Å². The van der Waals surface area contributed by atoms with Crippen molar-refractivity contribution in [2.45, 2.75) is 50.7 Å². The summed E-state index contributed by atoms with van der Waals surface area (Å²) < 4.78 is 5.69. The van der Waals surface area contributed by atoms with E-state index in [1.165, 1.54) is 44.1 Å². The predicted octanol–water partition coefficient (Wildman–Crippen LogP) is 3.22. The lowest BCUT2D eigenvalue weighted by Gasteiger charge is -2.27. The molecule has 0 saturated carbocycles. The molecule has 0 amide bonds. The quantitative estimate of drug-likeness (QED) is 0.879. The van der Waals surface area contributed by atoms with Gasteiger partial charge in [0.05, 0.1) is 6.10 Å². The molecule has 1 saturated heterocycles. The second-order valence-corrected chi connectivity index (χ2v) is 5.52. The number of nitrogens with one attached hydrogen (secondary N) is 1. The number of ether oxygens (including phenoxy) is 1.